The molecule has 0 N–H and O–H groups in total. The average molecular weight is 380 g/mol. The highest BCUT2D eigenvalue weighted by atomic mass is 32.2. The van der Waals surface area contributed by atoms with Crippen molar-refractivity contribution in [1.82, 2.24) is 19.2 Å². The molecule has 9 heteroatoms. The monoisotopic (exact) mass is 380 g/mol. The van der Waals surface area contributed by atoms with Crippen LogP contribution in [0, 0.1) is 20.8 Å². The van der Waals surface area contributed by atoms with E-state index in [1.165, 1.54) is 21.8 Å². The summed E-state index contributed by atoms with van der Waals surface area (Å²) >= 11 is 1.48. The van der Waals surface area contributed by atoms with Crippen LogP contribution in [0.1, 0.15) is 25.9 Å². The maximum absolute atomic E-state index is 12.8. The molecule has 1 aliphatic heterocycles. The Bertz CT molecular complexity index is 883. The summed E-state index contributed by atoms with van der Waals surface area (Å²) in [5.74, 6) is -0.216. The molecule has 1 amide bonds. The second-order valence-electron chi connectivity index (χ2n) is 6.02. The molecule has 134 valence electrons. The zero-order valence-electron chi connectivity index (χ0n) is 14.4. The smallest absolute Gasteiger partial charge is 0.274 e. The fourth-order valence-corrected chi connectivity index (χ4v) is 5.75. The Kier molecular flexibility index (Phi) is 4.90. The first-order valence-corrected chi connectivity index (χ1v) is 10.2. The molecule has 0 saturated carbocycles. The molecule has 3 rings (SSSR count). The number of nitrogens with zero attached hydrogens (tertiary/aromatic N) is 4. The van der Waals surface area contributed by atoms with Gasteiger partial charge in [0.15, 0.2) is 0 Å². The molecule has 0 unspecified atom stereocenters. The molecule has 25 heavy (non-hydrogen) atoms. The SMILES string of the molecule is Cc1cnc(C(=O)N2CCN(S(=O)(=O)c3cc(C)sc3C)CC2)cn1. The molecule has 1 saturated heterocycles. The summed E-state index contributed by atoms with van der Waals surface area (Å²) in [6.07, 6.45) is 3.01. The van der Waals surface area contributed by atoms with Crippen LogP contribution < -0.4 is 0 Å². The number of aryl methyl sites for hydroxylation is 3. The van der Waals surface area contributed by atoms with Crippen molar-refractivity contribution >= 4 is 27.3 Å². The number of piperazine rings is 1. The van der Waals surface area contributed by atoms with Crippen molar-refractivity contribution in [1.29, 1.82) is 0 Å². The van der Waals surface area contributed by atoms with Crippen LogP contribution in [0.25, 0.3) is 0 Å². The van der Waals surface area contributed by atoms with Gasteiger partial charge < -0.3 is 4.90 Å². The molecule has 0 radical (unpaired) electrons. The normalized spacial score (nSPS) is 16.2. The summed E-state index contributed by atoms with van der Waals surface area (Å²) in [6.45, 7) is 6.77. The van der Waals surface area contributed by atoms with E-state index in [2.05, 4.69) is 9.97 Å². The van der Waals surface area contributed by atoms with Crippen molar-refractivity contribution in [2.75, 3.05) is 26.2 Å². The lowest BCUT2D eigenvalue weighted by Gasteiger charge is -2.33. The number of hydrogen-bond acceptors (Lipinski definition) is 6. The summed E-state index contributed by atoms with van der Waals surface area (Å²) in [5, 5.41) is 0. The van der Waals surface area contributed by atoms with E-state index in [0.717, 1.165) is 15.4 Å². The average Bonchev–Trinajstić information content (AvgIpc) is 2.94. The Hall–Kier alpha value is -1.84. The summed E-state index contributed by atoms with van der Waals surface area (Å²) in [4.78, 5) is 24.4. The van der Waals surface area contributed by atoms with Crippen molar-refractivity contribution in [3.8, 4) is 0 Å². The molecule has 2 aromatic rings. The van der Waals surface area contributed by atoms with E-state index in [0.29, 0.717) is 18.0 Å². The van der Waals surface area contributed by atoms with Gasteiger partial charge in [-0.15, -0.1) is 11.3 Å². The van der Waals surface area contributed by atoms with Crippen molar-refractivity contribution in [2.45, 2.75) is 25.7 Å². The topological polar surface area (TPSA) is 83.5 Å². The van der Waals surface area contributed by atoms with Gasteiger partial charge in [0, 0.05) is 42.1 Å². The molecule has 3 heterocycles. The Morgan fingerprint density at radius 1 is 1.08 bits per heavy atom. The lowest BCUT2D eigenvalue weighted by atomic mass is 10.3. The quantitative estimate of drug-likeness (QED) is 0.808. The van der Waals surface area contributed by atoms with Crippen LogP contribution in [-0.4, -0.2) is 59.7 Å². The molecule has 7 nitrogen and oxygen atoms in total. The summed E-state index contributed by atoms with van der Waals surface area (Å²) < 4.78 is 27.1. The first kappa shape index (κ1) is 18.0. The zero-order chi connectivity index (χ0) is 18.2. The van der Waals surface area contributed by atoms with E-state index in [9.17, 15) is 13.2 Å². The van der Waals surface area contributed by atoms with E-state index >= 15 is 0 Å². The molecule has 1 aliphatic rings. The van der Waals surface area contributed by atoms with E-state index in [1.54, 1.807) is 24.1 Å². The number of carbonyl (C=O) groups is 1. The van der Waals surface area contributed by atoms with Crippen LogP contribution in [0.2, 0.25) is 0 Å². The maximum atomic E-state index is 12.8. The molecule has 0 atom stereocenters. The van der Waals surface area contributed by atoms with Gasteiger partial charge in [0.2, 0.25) is 10.0 Å². The lowest BCUT2D eigenvalue weighted by Crippen LogP contribution is -2.50. The largest absolute Gasteiger partial charge is 0.335 e. The Morgan fingerprint density at radius 2 is 1.76 bits per heavy atom. The van der Waals surface area contributed by atoms with E-state index in [1.807, 2.05) is 13.8 Å². The van der Waals surface area contributed by atoms with Gasteiger partial charge in [-0.1, -0.05) is 0 Å². The second-order valence-corrected chi connectivity index (χ2v) is 9.38. The minimum atomic E-state index is -3.51. The minimum absolute atomic E-state index is 0.216. The van der Waals surface area contributed by atoms with Crippen LogP contribution in [0.3, 0.4) is 0 Å². The summed E-state index contributed by atoms with van der Waals surface area (Å²) in [6, 6.07) is 1.72. The number of amides is 1. The van der Waals surface area contributed by atoms with Crippen molar-refractivity contribution in [3.05, 3.63) is 39.6 Å². The Labute approximate surface area is 151 Å². The van der Waals surface area contributed by atoms with Crippen LogP contribution in [0.4, 0.5) is 0 Å². The van der Waals surface area contributed by atoms with E-state index in [4.69, 9.17) is 0 Å². The fourth-order valence-electron chi connectivity index (χ4n) is 2.80. The summed E-state index contributed by atoms with van der Waals surface area (Å²) in [5.41, 5.74) is 1.03. The predicted molar refractivity (Wildman–Crippen MR) is 95.2 cm³/mol. The van der Waals surface area contributed by atoms with Gasteiger partial charge in [-0.2, -0.15) is 4.31 Å². The van der Waals surface area contributed by atoms with Gasteiger partial charge in [-0.05, 0) is 26.8 Å². The minimum Gasteiger partial charge on any atom is -0.335 e. The number of thiophene rings is 1. The molecule has 1 fully saturated rings. The van der Waals surface area contributed by atoms with E-state index < -0.39 is 10.0 Å². The van der Waals surface area contributed by atoms with Gasteiger partial charge in [-0.3, -0.25) is 9.78 Å². The standard InChI is InChI=1S/C16H20N4O3S2/c1-11-9-18-14(10-17-11)16(21)19-4-6-20(7-5-19)25(22,23)15-8-12(2)24-13(15)3/h8-10H,4-7H2,1-3H3. The molecule has 0 aromatic carbocycles. The molecular weight excluding hydrogens is 360 g/mol. The van der Waals surface area contributed by atoms with Crippen molar-refractivity contribution in [2.24, 2.45) is 0 Å². The van der Waals surface area contributed by atoms with E-state index in [-0.39, 0.29) is 24.7 Å². The molecule has 2 aromatic heterocycles. The van der Waals surface area contributed by atoms with Crippen LogP contribution >= 0.6 is 11.3 Å². The van der Waals surface area contributed by atoms with Crippen molar-refractivity contribution in [3.63, 3.8) is 0 Å². The number of carbonyl (C=O) groups excluding carboxylic acids is 1. The number of sulfonamides is 1. The molecule has 0 bridgehead atoms. The Balaban J connectivity index is 1.70. The molecule has 0 aliphatic carbocycles. The highest BCUT2D eigenvalue weighted by Crippen LogP contribution is 2.28. The predicted octanol–water partition coefficient (Wildman–Crippen LogP) is 1.61. The second kappa shape index (κ2) is 6.81. The van der Waals surface area contributed by atoms with Gasteiger partial charge in [0.05, 0.1) is 16.8 Å². The third-order valence-electron chi connectivity index (χ3n) is 4.14. The maximum Gasteiger partial charge on any atom is 0.274 e. The number of aromatic nitrogens is 2. The number of rotatable bonds is 3. The third-order valence-corrected chi connectivity index (χ3v) is 7.26. The third kappa shape index (κ3) is 3.58. The van der Waals surface area contributed by atoms with Gasteiger partial charge in [0.25, 0.3) is 5.91 Å². The first-order chi connectivity index (χ1) is 11.8. The zero-order valence-corrected chi connectivity index (χ0v) is 16.0. The fraction of sp³-hybridized carbons (Fsp3) is 0.438. The first-order valence-electron chi connectivity index (χ1n) is 7.94. The Morgan fingerprint density at radius 3 is 2.28 bits per heavy atom. The van der Waals surface area contributed by atoms with Crippen LogP contribution in [-0.2, 0) is 10.0 Å². The van der Waals surface area contributed by atoms with Gasteiger partial charge in [-0.25, -0.2) is 13.4 Å². The molecular formula is C16H20N4O3S2. The van der Waals surface area contributed by atoms with Gasteiger partial charge in [0.1, 0.15) is 5.69 Å². The highest BCUT2D eigenvalue weighted by molar-refractivity contribution is 7.89. The van der Waals surface area contributed by atoms with Crippen LogP contribution in [0.5, 0.6) is 0 Å². The van der Waals surface area contributed by atoms with Crippen molar-refractivity contribution < 1.29 is 13.2 Å². The highest BCUT2D eigenvalue weighted by Gasteiger charge is 2.32. The molecule has 0 spiro atoms. The lowest BCUT2D eigenvalue weighted by molar-refractivity contribution is 0.0691. The number of hydrogen-bond donors (Lipinski definition) is 0. The van der Waals surface area contributed by atoms with Crippen LogP contribution in [0.15, 0.2) is 23.4 Å². The van der Waals surface area contributed by atoms with Gasteiger partial charge >= 0.3 is 0 Å². The summed E-state index contributed by atoms with van der Waals surface area (Å²) in [7, 11) is -3.51.